The Hall–Kier alpha value is -1.62. The fourth-order valence-electron chi connectivity index (χ4n) is 1.29. The monoisotopic (exact) mass is 267 g/mol. The number of carbonyl (C=O) groups excluding carboxylic acids is 1. The van der Waals surface area contributed by atoms with Gasteiger partial charge in [-0.1, -0.05) is 30.3 Å². The van der Waals surface area contributed by atoms with Gasteiger partial charge in [0.1, 0.15) is 6.61 Å². The first kappa shape index (κ1) is 14.4. The zero-order valence-corrected chi connectivity index (χ0v) is 11.4. The molecule has 0 unspecified atom stereocenters. The maximum Gasteiger partial charge on any atom is 0.410 e. The van der Waals surface area contributed by atoms with E-state index in [1.807, 2.05) is 37.3 Å². The van der Waals surface area contributed by atoms with Gasteiger partial charge in [0, 0.05) is 7.05 Å². The Balaban J connectivity index is 2.34. The molecule has 1 aromatic carbocycles. The first-order valence-corrected chi connectivity index (χ1v) is 6.11. The van der Waals surface area contributed by atoms with Crippen molar-refractivity contribution >= 4 is 23.4 Å². The van der Waals surface area contributed by atoms with Crippen molar-refractivity contribution in [2.75, 3.05) is 20.2 Å². The summed E-state index contributed by atoms with van der Waals surface area (Å²) in [6.07, 6.45) is -0.416. The Labute approximate surface area is 112 Å². The number of thiocarbonyl (C=S) groups is 1. The van der Waals surface area contributed by atoms with Crippen LogP contribution in [0.2, 0.25) is 0 Å². The first-order chi connectivity index (χ1) is 8.63. The maximum atomic E-state index is 11.6. The Morgan fingerprint density at radius 2 is 1.94 bits per heavy atom. The van der Waals surface area contributed by atoms with Gasteiger partial charge in [0.15, 0.2) is 5.05 Å². The minimum Gasteiger partial charge on any atom is -0.485 e. The van der Waals surface area contributed by atoms with Crippen LogP contribution >= 0.6 is 12.2 Å². The van der Waals surface area contributed by atoms with Crippen molar-refractivity contribution in [3.8, 4) is 0 Å². The van der Waals surface area contributed by atoms with Gasteiger partial charge in [-0.2, -0.15) is 0 Å². The van der Waals surface area contributed by atoms with Crippen LogP contribution < -0.4 is 0 Å². The van der Waals surface area contributed by atoms with Crippen LogP contribution in [-0.4, -0.2) is 36.2 Å². The zero-order chi connectivity index (χ0) is 13.4. The van der Waals surface area contributed by atoms with E-state index in [0.717, 1.165) is 5.56 Å². The number of benzene rings is 1. The minimum absolute atomic E-state index is 0.255. The van der Waals surface area contributed by atoms with E-state index >= 15 is 0 Å². The molecule has 5 heteroatoms. The summed E-state index contributed by atoms with van der Waals surface area (Å²) in [4.78, 5) is 13.0. The highest BCUT2D eigenvalue weighted by atomic mass is 32.1. The van der Waals surface area contributed by atoms with Crippen LogP contribution in [-0.2, 0) is 16.1 Å². The summed E-state index contributed by atoms with van der Waals surface area (Å²) in [5, 5.41) is 0.386. The van der Waals surface area contributed by atoms with Gasteiger partial charge < -0.3 is 14.4 Å². The van der Waals surface area contributed by atoms with E-state index in [1.165, 1.54) is 4.90 Å². The van der Waals surface area contributed by atoms with E-state index in [4.69, 9.17) is 21.7 Å². The lowest BCUT2D eigenvalue weighted by Crippen LogP contribution is -2.32. The molecule has 0 aliphatic heterocycles. The van der Waals surface area contributed by atoms with Crippen molar-refractivity contribution in [1.29, 1.82) is 0 Å². The lowest BCUT2D eigenvalue weighted by molar-refractivity contribution is 0.107. The molecule has 0 bridgehead atoms. The van der Waals surface area contributed by atoms with E-state index in [2.05, 4.69) is 0 Å². The van der Waals surface area contributed by atoms with E-state index in [9.17, 15) is 4.79 Å². The van der Waals surface area contributed by atoms with E-state index < -0.39 is 6.09 Å². The highest BCUT2D eigenvalue weighted by molar-refractivity contribution is 7.80. The molecule has 0 radical (unpaired) electrons. The molecular weight excluding hydrogens is 250 g/mol. The second kappa shape index (κ2) is 7.66. The largest absolute Gasteiger partial charge is 0.485 e. The van der Waals surface area contributed by atoms with Crippen LogP contribution in [0.5, 0.6) is 0 Å². The van der Waals surface area contributed by atoms with E-state index in [-0.39, 0.29) is 13.2 Å². The molecule has 1 rings (SSSR count). The number of ether oxygens (including phenoxy) is 2. The second-order valence-corrected chi connectivity index (χ2v) is 4.16. The van der Waals surface area contributed by atoms with Crippen LogP contribution in [0.1, 0.15) is 12.5 Å². The Kier molecular flexibility index (Phi) is 6.14. The summed E-state index contributed by atoms with van der Waals surface area (Å²) >= 11 is 4.95. The average molecular weight is 267 g/mol. The maximum absolute atomic E-state index is 11.6. The normalized spacial score (nSPS) is 9.67. The summed E-state index contributed by atoms with van der Waals surface area (Å²) in [6, 6.07) is 9.52. The average Bonchev–Trinajstić information content (AvgIpc) is 2.37. The lowest BCUT2D eigenvalue weighted by atomic mass is 10.2. The molecule has 0 aromatic heterocycles. The zero-order valence-electron chi connectivity index (χ0n) is 10.6. The van der Waals surface area contributed by atoms with Gasteiger partial charge in [-0.3, -0.25) is 0 Å². The van der Waals surface area contributed by atoms with Crippen LogP contribution in [0.25, 0.3) is 0 Å². The fourth-order valence-corrected chi connectivity index (χ4v) is 1.61. The molecule has 0 heterocycles. The fraction of sp³-hybridized carbons (Fsp3) is 0.385. The second-order valence-electron chi connectivity index (χ2n) is 3.70. The predicted octanol–water partition coefficient (Wildman–Crippen LogP) is 2.62. The van der Waals surface area contributed by atoms with Crippen LogP contribution in [0, 0.1) is 0 Å². The highest BCUT2D eigenvalue weighted by Gasteiger charge is 2.12. The minimum atomic E-state index is -0.416. The Morgan fingerprint density at radius 3 is 2.56 bits per heavy atom. The molecule has 0 N–H and O–H groups in total. The number of rotatable bonds is 5. The quantitative estimate of drug-likeness (QED) is 0.769. The predicted molar refractivity (Wildman–Crippen MR) is 73.5 cm³/mol. The van der Waals surface area contributed by atoms with Gasteiger partial charge in [-0.25, -0.2) is 4.79 Å². The summed E-state index contributed by atoms with van der Waals surface area (Å²) in [5.74, 6) is 0. The van der Waals surface area contributed by atoms with Gasteiger partial charge >= 0.3 is 6.09 Å². The summed E-state index contributed by atoms with van der Waals surface area (Å²) in [5.41, 5.74) is 0.951. The molecule has 18 heavy (non-hydrogen) atoms. The third kappa shape index (κ3) is 5.14. The van der Waals surface area contributed by atoms with Gasteiger partial charge in [0.2, 0.25) is 0 Å². The highest BCUT2D eigenvalue weighted by Crippen LogP contribution is 2.02. The number of hydrogen-bond donors (Lipinski definition) is 0. The number of carbonyl (C=O) groups is 1. The Bertz CT molecular complexity index is 394. The third-order valence-electron chi connectivity index (χ3n) is 2.19. The number of hydrogen-bond acceptors (Lipinski definition) is 4. The van der Waals surface area contributed by atoms with Crippen LogP contribution in [0.3, 0.4) is 0 Å². The summed E-state index contributed by atoms with van der Waals surface area (Å²) < 4.78 is 10.2. The molecule has 0 atom stereocenters. The van der Waals surface area contributed by atoms with Crippen molar-refractivity contribution in [2.45, 2.75) is 13.5 Å². The SMILES string of the molecule is CCOC(=S)CN(C)C(=O)OCc1ccccc1. The number of nitrogens with zero attached hydrogens (tertiary/aromatic N) is 1. The van der Waals surface area contributed by atoms with Crippen LogP contribution in [0.15, 0.2) is 30.3 Å². The van der Waals surface area contributed by atoms with Crippen molar-refractivity contribution in [1.82, 2.24) is 4.90 Å². The molecule has 1 aromatic rings. The smallest absolute Gasteiger partial charge is 0.410 e. The lowest BCUT2D eigenvalue weighted by Gasteiger charge is -2.17. The van der Waals surface area contributed by atoms with Crippen molar-refractivity contribution in [2.24, 2.45) is 0 Å². The topological polar surface area (TPSA) is 38.8 Å². The van der Waals surface area contributed by atoms with Gasteiger partial charge in [-0.15, -0.1) is 0 Å². The Morgan fingerprint density at radius 1 is 1.28 bits per heavy atom. The third-order valence-corrected chi connectivity index (χ3v) is 2.44. The molecule has 0 fully saturated rings. The molecule has 4 nitrogen and oxygen atoms in total. The van der Waals surface area contributed by atoms with Gasteiger partial charge in [0.05, 0.1) is 13.2 Å². The van der Waals surface area contributed by atoms with Gasteiger partial charge in [0.25, 0.3) is 0 Å². The van der Waals surface area contributed by atoms with E-state index in [0.29, 0.717) is 11.7 Å². The molecule has 0 aliphatic carbocycles. The molecule has 0 spiro atoms. The molecule has 98 valence electrons. The molecule has 1 amide bonds. The summed E-state index contributed by atoms with van der Waals surface area (Å²) in [7, 11) is 1.62. The molecule has 0 saturated heterocycles. The molecular formula is C13H17NO3S. The molecule has 0 aliphatic rings. The van der Waals surface area contributed by atoms with Crippen molar-refractivity contribution in [3.63, 3.8) is 0 Å². The first-order valence-electron chi connectivity index (χ1n) is 5.71. The number of amides is 1. The van der Waals surface area contributed by atoms with Gasteiger partial charge in [-0.05, 0) is 24.7 Å². The van der Waals surface area contributed by atoms with Crippen molar-refractivity contribution in [3.05, 3.63) is 35.9 Å². The summed E-state index contributed by atoms with van der Waals surface area (Å²) in [6.45, 7) is 2.87. The number of likely N-dealkylation sites (N-methyl/N-ethyl adjacent to an activating group) is 1. The van der Waals surface area contributed by atoms with Crippen molar-refractivity contribution < 1.29 is 14.3 Å². The molecule has 0 saturated carbocycles. The van der Waals surface area contributed by atoms with E-state index in [1.54, 1.807) is 7.05 Å². The standard InChI is InChI=1S/C13H17NO3S/c1-3-16-12(18)9-14(2)13(15)17-10-11-7-5-4-6-8-11/h4-8H,3,9-10H2,1-2H3. The van der Waals surface area contributed by atoms with Crippen LogP contribution in [0.4, 0.5) is 4.79 Å².